The molecule has 0 fully saturated rings. The van der Waals surface area contributed by atoms with Crippen LogP contribution in [-0.4, -0.2) is 43.8 Å². The van der Waals surface area contributed by atoms with E-state index in [4.69, 9.17) is 5.26 Å². The van der Waals surface area contributed by atoms with E-state index in [0.29, 0.717) is 0 Å². The Morgan fingerprint density at radius 2 is 2.00 bits per heavy atom. The average molecular weight is 218 g/mol. The van der Waals surface area contributed by atoms with Crippen molar-refractivity contribution in [3.8, 4) is 6.07 Å². The number of carbonyl (C=O) groups excluding carboxylic acids is 1. The molecule has 80 valence electrons. The topological polar surface area (TPSA) is 78.2 Å². The number of hydrogen-bond donors (Lipinski definition) is 0. The minimum Gasteiger partial charge on any atom is -0.326 e. The lowest BCUT2D eigenvalue weighted by Crippen LogP contribution is -2.40. The molecule has 14 heavy (non-hydrogen) atoms. The molecule has 0 unspecified atom stereocenters. The van der Waals surface area contributed by atoms with Gasteiger partial charge >= 0.3 is 0 Å². The smallest absolute Gasteiger partial charge is 0.238 e. The van der Waals surface area contributed by atoms with Gasteiger partial charge in [-0.3, -0.25) is 4.79 Å². The Morgan fingerprint density at radius 1 is 1.50 bits per heavy atom. The first-order chi connectivity index (χ1) is 6.28. The predicted octanol–water partition coefficient (Wildman–Crippen LogP) is -0.208. The summed E-state index contributed by atoms with van der Waals surface area (Å²) in [5.74, 6) is -1.06. The third kappa shape index (κ3) is 4.82. The molecular formula is C8H14N2O3S. The molecule has 0 heterocycles. The lowest BCUT2D eigenvalue weighted by atomic mass is 10.3. The molecule has 0 radical (unpaired) electrons. The molecule has 0 rings (SSSR count). The Morgan fingerprint density at radius 3 is 2.29 bits per heavy atom. The van der Waals surface area contributed by atoms with Crippen molar-refractivity contribution in [1.82, 2.24) is 4.90 Å². The molecule has 0 aromatic rings. The third-order valence-electron chi connectivity index (χ3n) is 1.57. The quantitative estimate of drug-likeness (QED) is 0.612. The Hall–Kier alpha value is -1.09. The maximum atomic E-state index is 11.4. The van der Waals surface area contributed by atoms with E-state index in [2.05, 4.69) is 0 Å². The monoisotopic (exact) mass is 218 g/mol. The highest BCUT2D eigenvalue weighted by Gasteiger charge is 2.20. The Kier molecular flexibility index (Phi) is 4.57. The van der Waals surface area contributed by atoms with Gasteiger partial charge in [0, 0.05) is 12.3 Å². The predicted molar refractivity (Wildman–Crippen MR) is 52.2 cm³/mol. The summed E-state index contributed by atoms with van der Waals surface area (Å²) in [7, 11) is -3.32. The van der Waals surface area contributed by atoms with Crippen LogP contribution in [0.3, 0.4) is 0 Å². The van der Waals surface area contributed by atoms with Crippen molar-refractivity contribution >= 4 is 15.7 Å². The van der Waals surface area contributed by atoms with Gasteiger partial charge in [0.2, 0.25) is 5.91 Å². The zero-order valence-corrected chi connectivity index (χ0v) is 9.34. The van der Waals surface area contributed by atoms with Crippen molar-refractivity contribution in [2.45, 2.75) is 19.9 Å². The average Bonchev–Trinajstić information content (AvgIpc) is 1.95. The molecular weight excluding hydrogens is 204 g/mol. The van der Waals surface area contributed by atoms with E-state index in [1.54, 1.807) is 13.8 Å². The number of nitriles is 1. The van der Waals surface area contributed by atoms with Crippen LogP contribution in [0.1, 0.15) is 13.8 Å². The van der Waals surface area contributed by atoms with E-state index >= 15 is 0 Å². The number of rotatable bonds is 4. The van der Waals surface area contributed by atoms with Crippen LogP contribution in [-0.2, 0) is 14.6 Å². The van der Waals surface area contributed by atoms with Crippen molar-refractivity contribution < 1.29 is 13.2 Å². The number of nitrogens with zero attached hydrogens (tertiary/aromatic N) is 2. The second-order valence-corrected chi connectivity index (χ2v) is 5.48. The molecule has 0 atom stereocenters. The summed E-state index contributed by atoms with van der Waals surface area (Å²) >= 11 is 0. The van der Waals surface area contributed by atoms with Gasteiger partial charge in [-0.2, -0.15) is 5.26 Å². The van der Waals surface area contributed by atoms with Crippen LogP contribution in [0.15, 0.2) is 0 Å². The van der Waals surface area contributed by atoms with Crippen molar-refractivity contribution in [3.63, 3.8) is 0 Å². The molecule has 0 aromatic heterocycles. The van der Waals surface area contributed by atoms with E-state index in [0.717, 1.165) is 6.26 Å². The summed E-state index contributed by atoms with van der Waals surface area (Å²) in [5.41, 5.74) is 0. The van der Waals surface area contributed by atoms with Gasteiger partial charge in [-0.15, -0.1) is 0 Å². The number of sulfone groups is 1. The van der Waals surface area contributed by atoms with Crippen LogP contribution in [0.4, 0.5) is 0 Å². The highest BCUT2D eigenvalue weighted by molar-refractivity contribution is 7.91. The molecule has 0 bridgehead atoms. The lowest BCUT2D eigenvalue weighted by Gasteiger charge is -2.23. The zero-order valence-electron chi connectivity index (χ0n) is 8.52. The fourth-order valence-electron chi connectivity index (χ4n) is 0.942. The maximum Gasteiger partial charge on any atom is 0.238 e. The first-order valence-corrected chi connectivity index (χ1v) is 6.18. The Bertz CT molecular complexity index is 340. The lowest BCUT2D eigenvalue weighted by molar-refractivity contribution is -0.129. The molecule has 0 saturated carbocycles. The fourth-order valence-corrected chi connectivity index (χ4v) is 1.56. The molecule has 0 saturated heterocycles. The first-order valence-electron chi connectivity index (χ1n) is 4.12. The van der Waals surface area contributed by atoms with Gasteiger partial charge in [0.15, 0.2) is 9.84 Å². The van der Waals surface area contributed by atoms with Crippen molar-refractivity contribution in [2.24, 2.45) is 0 Å². The summed E-state index contributed by atoms with van der Waals surface area (Å²) < 4.78 is 21.7. The first kappa shape index (κ1) is 12.9. The molecule has 5 nitrogen and oxygen atoms in total. The van der Waals surface area contributed by atoms with E-state index in [1.807, 2.05) is 6.07 Å². The van der Waals surface area contributed by atoms with Crippen LogP contribution < -0.4 is 0 Å². The number of amides is 1. The van der Waals surface area contributed by atoms with Gasteiger partial charge in [0.1, 0.15) is 12.3 Å². The zero-order chi connectivity index (χ0) is 11.4. The largest absolute Gasteiger partial charge is 0.326 e. The second kappa shape index (κ2) is 4.96. The van der Waals surface area contributed by atoms with E-state index in [-0.39, 0.29) is 12.6 Å². The molecule has 0 aromatic carbocycles. The normalized spacial score (nSPS) is 11.1. The maximum absolute atomic E-state index is 11.4. The van der Waals surface area contributed by atoms with Gasteiger partial charge in [-0.25, -0.2) is 8.42 Å². The summed E-state index contributed by atoms with van der Waals surface area (Å²) in [6, 6.07) is 1.66. The van der Waals surface area contributed by atoms with E-state index in [9.17, 15) is 13.2 Å². The van der Waals surface area contributed by atoms with Gasteiger partial charge in [-0.1, -0.05) is 0 Å². The van der Waals surface area contributed by atoms with Gasteiger partial charge in [-0.05, 0) is 13.8 Å². The SMILES string of the molecule is CC(C)N(CC#N)C(=O)CS(C)(=O)=O. The second-order valence-electron chi connectivity index (χ2n) is 3.34. The Balaban J connectivity index is 4.55. The van der Waals surface area contributed by atoms with Crippen LogP contribution in [0, 0.1) is 11.3 Å². The molecule has 0 N–H and O–H groups in total. The fraction of sp³-hybridized carbons (Fsp3) is 0.750. The summed E-state index contributed by atoms with van der Waals surface area (Å²) in [5, 5.41) is 8.44. The summed E-state index contributed by atoms with van der Waals surface area (Å²) in [6.45, 7) is 3.39. The molecule has 1 amide bonds. The molecule has 0 aliphatic carbocycles. The van der Waals surface area contributed by atoms with Gasteiger partial charge in [0.25, 0.3) is 0 Å². The molecule has 6 heteroatoms. The van der Waals surface area contributed by atoms with Gasteiger partial charge < -0.3 is 4.90 Å². The van der Waals surface area contributed by atoms with E-state index < -0.39 is 21.5 Å². The van der Waals surface area contributed by atoms with E-state index in [1.165, 1.54) is 4.90 Å². The van der Waals surface area contributed by atoms with Gasteiger partial charge in [0.05, 0.1) is 6.07 Å². The standard InChI is InChI=1S/C8H14N2O3S/c1-7(2)10(5-4-9)8(11)6-14(3,12)13/h7H,5-6H2,1-3H3. The highest BCUT2D eigenvalue weighted by atomic mass is 32.2. The molecule has 0 spiro atoms. The van der Waals surface area contributed by atoms with Crippen molar-refractivity contribution in [2.75, 3.05) is 18.6 Å². The minimum atomic E-state index is -3.32. The summed E-state index contributed by atoms with van der Waals surface area (Å²) in [4.78, 5) is 12.6. The Labute approximate surface area is 84.2 Å². The minimum absolute atomic E-state index is 0.0774. The number of carbonyl (C=O) groups is 1. The number of hydrogen-bond acceptors (Lipinski definition) is 4. The van der Waals surface area contributed by atoms with Crippen LogP contribution in [0.2, 0.25) is 0 Å². The van der Waals surface area contributed by atoms with Crippen molar-refractivity contribution in [3.05, 3.63) is 0 Å². The van der Waals surface area contributed by atoms with Crippen LogP contribution in [0.5, 0.6) is 0 Å². The van der Waals surface area contributed by atoms with Crippen LogP contribution in [0.25, 0.3) is 0 Å². The van der Waals surface area contributed by atoms with Crippen LogP contribution >= 0.6 is 0 Å². The van der Waals surface area contributed by atoms with Crippen molar-refractivity contribution in [1.29, 1.82) is 5.26 Å². The molecule has 0 aliphatic heterocycles. The highest BCUT2D eigenvalue weighted by Crippen LogP contribution is 2.00. The molecule has 0 aliphatic rings. The third-order valence-corrected chi connectivity index (χ3v) is 2.34. The summed E-state index contributed by atoms with van der Waals surface area (Å²) in [6.07, 6.45) is 0.996.